The zero-order valence-corrected chi connectivity index (χ0v) is 15.7. The minimum atomic E-state index is -0.00198. The summed E-state index contributed by atoms with van der Waals surface area (Å²) in [6.07, 6.45) is 4.56. The number of nitriles is 1. The van der Waals surface area contributed by atoms with Crippen molar-refractivity contribution in [3.63, 3.8) is 0 Å². The molecule has 0 saturated carbocycles. The van der Waals surface area contributed by atoms with Gasteiger partial charge in [-0.3, -0.25) is 4.79 Å². The van der Waals surface area contributed by atoms with Crippen molar-refractivity contribution in [2.24, 2.45) is 0 Å². The van der Waals surface area contributed by atoms with Gasteiger partial charge in [0.05, 0.1) is 17.3 Å². The Balaban J connectivity index is 2.24. The number of benzene rings is 2. The Morgan fingerprint density at radius 1 is 1.25 bits per heavy atom. The molecule has 0 saturated heterocycles. The Kier molecular flexibility index (Phi) is 7.01. The number of ketones is 1. The van der Waals surface area contributed by atoms with Crippen LogP contribution in [0.1, 0.15) is 42.1 Å². The number of halogens is 1. The van der Waals surface area contributed by atoms with E-state index in [-0.39, 0.29) is 5.78 Å². The monoisotopic (exact) mass is 430 g/mol. The second-order valence-corrected chi connectivity index (χ2v) is 6.60. The molecule has 3 nitrogen and oxygen atoms in total. The Bertz CT molecular complexity index is 776. The van der Waals surface area contributed by atoms with Crippen molar-refractivity contribution in [3.05, 3.63) is 75.0 Å². The number of anilines is 1. The van der Waals surface area contributed by atoms with Crippen molar-refractivity contribution >= 4 is 34.1 Å². The third-order valence-corrected chi connectivity index (χ3v) is 4.45. The summed E-state index contributed by atoms with van der Waals surface area (Å²) in [5, 5.41) is 12.3. The van der Waals surface area contributed by atoms with E-state index in [0.29, 0.717) is 11.1 Å². The number of carbonyl (C=O) groups excluding carboxylic acids is 1. The number of hydrogen-bond donors (Lipinski definition) is 1. The average Bonchev–Trinajstić information content (AvgIpc) is 2.61. The van der Waals surface area contributed by atoms with Crippen LogP contribution in [0.3, 0.4) is 0 Å². The van der Waals surface area contributed by atoms with Crippen LogP contribution in [0.25, 0.3) is 0 Å². The van der Waals surface area contributed by atoms with E-state index in [1.54, 1.807) is 12.1 Å². The standard InChI is InChI=1S/C20H19IN2O/c1-2-3-9-17(13-20(24)16-7-5-4-6-8-16)23-19-11-10-15(14-22)12-18(19)21/h4-8,10-13,23H,2-3,9H2,1H3/b17-13+. The van der Waals surface area contributed by atoms with Crippen LogP contribution < -0.4 is 5.32 Å². The first kappa shape index (κ1) is 18.2. The molecule has 1 N–H and O–H groups in total. The Morgan fingerprint density at radius 2 is 2.00 bits per heavy atom. The Hall–Kier alpha value is -2.13. The van der Waals surface area contributed by atoms with Crippen LogP contribution in [-0.2, 0) is 0 Å². The molecule has 0 radical (unpaired) electrons. The molecule has 4 heteroatoms. The normalized spacial score (nSPS) is 11.0. The van der Waals surface area contributed by atoms with Crippen molar-refractivity contribution in [2.45, 2.75) is 26.2 Å². The minimum absolute atomic E-state index is 0.00198. The predicted octanol–water partition coefficient (Wildman–Crippen LogP) is 5.53. The Labute approximate surface area is 156 Å². The lowest BCUT2D eigenvalue weighted by Gasteiger charge is -2.13. The number of rotatable bonds is 7. The molecule has 0 heterocycles. The van der Waals surface area contributed by atoms with E-state index in [1.165, 1.54) is 0 Å². The number of allylic oxidation sites excluding steroid dienone is 2. The van der Waals surface area contributed by atoms with Gasteiger partial charge in [-0.1, -0.05) is 43.7 Å². The summed E-state index contributed by atoms with van der Waals surface area (Å²) in [6.45, 7) is 2.13. The molecule has 0 aliphatic carbocycles. The van der Waals surface area contributed by atoms with Crippen LogP contribution in [0.15, 0.2) is 60.3 Å². The fourth-order valence-electron chi connectivity index (χ4n) is 2.24. The van der Waals surface area contributed by atoms with Crippen LogP contribution in [-0.4, -0.2) is 5.78 Å². The van der Waals surface area contributed by atoms with Gasteiger partial charge < -0.3 is 5.32 Å². The van der Waals surface area contributed by atoms with Crippen molar-refractivity contribution < 1.29 is 4.79 Å². The van der Waals surface area contributed by atoms with Crippen molar-refractivity contribution in [1.29, 1.82) is 5.26 Å². The maximum Gasteiger partial charge on any atom is 0.187 e. The molecule has 0 bridgehead atoms. The highest BCUT2D eigenvalue weighted by Crippen LogP contribution is 2.23. The minimum Gasteiger partial charge on any atom is -0.358 e. The smallest absolute Gasteiger partial charge is 0.187 e. The van der Waals surface area contributed by atoms with Gasteiger partial charge in [0, 0.05) is 20.9 Å². The second kappa shape index (κ2) is 9.24. The lowest BCUT2D eigenvalue weighted by atomic mass is 10.1. The van der Waals surface area contributed by atoms with E-state index in [2.05, 4.69) is 40.9 Å². The van der Waals surface area contributed by atoms with Gasteiger partial charge in [0.15, 0.2) is 5.78 Å². The van der Waals surface area contributed by atoms with Gasteiger partial charge in [0.2, 0.25) is 0 Å². The summed E-state index contributed by atoms with van der Waals surface area (Å²) >= 11 is 2.20. The maximum atomic E-state index is 12.4. The van der Waals surface area contributed by atoms with Gasteiger partial charge >= 0.3 is 0 Å². The third kappa shape index (κ3) is 5.20. The quantitative estimate of drug-likeness (QED) is 0.357. The summed E-state index contributed by atoms with van der Waals surface area (Å²) < 4.78 is 0.959. The van der Waals surface area contributed by atoms with Gasteiger partial charge in [-0.2, -0.15) is 5.26 Å². The highest BCUT2D eigenvalue weighted by Gasteiger charge is 2.08. The molecular weight excluding hydrogens is 411 g/mol. The molecule has 0 atom stereocenters. The molecule has 2 aromatic rings. The van der Waals surface area contributed by atoms with Crippen LogP contribution in [0.2, 0.25) is 0 Å². The molecule has 0 aliphatic rings. The number of nitrogens with one attached hydrogen (secondary N) is 1. The molecule has 2 aromatic carbocycles. The maximum absolute atomic E-state index is 12.4. The molecule has 0 amide bonds. The van der Waals surface area contributed by atoms with E-state index in [4.69, 9.17) is 5.26 Å². The SMILES string of the molecule is CCCC/C(=C\C(=O)c1ccccc1)Nc1ccc(C#N)cc1I. The summed E-state index contributed by atoms with van der Waals surface area (Å²) in [5.41, 5.74) is 3.12. The van der Waals surface area contributed by atoms with Crippen molar-refractivity contribution in [1.82, 2.24) is 0 Å². The fraction of sp³-hybridized carbons (Fsp3) is 0.200. The summed E-state index contributed by atoms with van der Waals surface area (Å²) in [6, 6.07) is 16.9. The van der Waals surface area contributed by atoms with Gasteiger partial charge in [0.1, 0.15) is 0 Å². The molecule has 0 unspecified atom stereocenters. The molecule has 122 valence electrons. The topological polar surface area (TPSA) is 52.9 Å². The molecule has 0 spiro atoms. The van der Waals surface area contributed by atoms with Gasteiger partial charge in [0.25, 0.3) is 0 Å². The van der Waals surface area contributed by atoms with E-state index in [1.807, 2.05) is 42.5 Å². The number of carbonyl (C=O) groups is 1. The summed E-state index contributed by atoms with van der Waals surface area (Å²) in [5.74, 6) is -0.00198. The van der Waals surface area contributed by atoms with Crippen LogP contribution >= 0.6 is 22.6 Å². The number of nitrogens with zero attached hydrogens (tertiary/aromatic N) is 1. The number of hydrogen-bond acceptors (Lipinski definition) is 3. The molecular formula is C20H19IN2O. The highest BCUT2D eigenvalue weighted by atomic mass is 127. The first-order valence-corrected chi connectivity index (χ1v) is 8.98. The molecule has 24 heavy (non-hydrogen) atoms. The lowest BCUT2D eigenvalue weighted by molar-refractivity contribution is 0.104. The Morgan fingerprint density at radius 3 is 2.62 bits per heavy atom. The van der Waals surface area contributed by atoms with Crippen molar-refractivity contribution in [3.8, 4) is 6.07 Å². The van der Waals surface area contributed by atoms with Gasteiger partial charge in [-0.05, 0) is 53.6 Å². The largest absolute Gasteiger partial charge is 0.358 e. The van der Waals surface area contributed by atoms with Crippen molar-refractivity contribution in [2.75, 3.05) is 5.32 Å². The summed E-state index contributed by atoms with van der Waals surface area (Å²) in [4.78, 5) is 12.4. The van der Waals surface area contributed by atoms with Crippen LogP contribution in [0.5, 0.6) is 0 Å². The molecule has 2 rings (SSSR count). The van der Waals surface area contributed by atoms with E-state index in [9.17, 15) is 4.79 Å². The third-order valence-electron chi connectivity index (χ3n) is 3.56. The zero-order chi connectivity index (χ0) is 17.4. The van der Waals surface area contributed by atoms with Crippen LogP contribution in [0.4, 0.5) is 5.69 Å². The highest BCUT2D eigenvalue weighted by molar-refractivity contribution is 14.1. The fourth-order valence-corrected chi connectivity index (χ4v) is 2.89. The van der Waals surface area contributed by atoms with Gasteiger partial charge in [-0.25, -0.2) is 0 Å². The molecule has 0 aliphatic heterocycles. The average molecular weight is 430 g/mol. The first-order valence-electron chi connectivity index (χ1n) is 7.90. The summed E-state index contributed by atoms with van der Waals surface area (Å²) in [7, 11) is 0. The molecule has 0 aromatic heterocycles. The number of unbranched alkanes of at least 4 members (excludes halogenated alkanes) is 1. The predicted molar refractivity (Wildman–Crippen MR) is 106 cm³/mol. The zero-order valence-electron chi connectivity index (χ0n) is 13.6. The first-order chi connectivity index (χ1) is 11.6. The van der Waals surface area contributed by atoms with E-state index in [0.717, 1.165) is 34.2 Å². The molecule has 0 fully saturated rings. The van der Waals surface area contributed by atoms with E-state index >= 15 is 0 Å². The lowest BCUT2D eigenvalue weighted by Crippen LogP contribution is -2.05. The second-order valence-electron chi connectivity index (χ2n) is 5.43. The van der Waals surface area contributed by atoms with E-state index < -0.39 is 0 Å². The van der Waals surface area contributed by atoms with Gasteiger partial charge in [-0.15, -0.1) is 0 Å². The van der Waals surface area contributed by atoms with Crippen LogP contribution in [0, 0.1) is 14.9 Å².